The van der Waals surface area contributed by atoms with Crippen LogP contribution in [0.1, 0.15) is 30.4 Å². The van der Waals surface area contributed by atoms with Gasteiger partial charge in [-0.05, 0) is 54.4 Å². The minimum Gasteiger partial charge on any atom is -0.0576 e. The Labute approximate surface area is 81.1 Å². The van der Waals surface area contributed by atoms with Crippen molar-refractivity contribution in [2.75, 3.05) is 0 Å². The summed E-state index contributed by atoms with van der Waals surface area (Å²) >= 11 is 3.54. The average Bonchev–Trinajstić information content (AvgIpc) is 2.74. The molecule has 0 aliphatic heterocycles. The number of hydrogen-bond acceptors (Lipinski definition) is 0. The Morgan fingerprint density at radius 2 is 2.00 bits per heavy atom. The Balaban J connectivity index is 2.20. The number of halogens is 1. The smallest absolute Gasteiger partial charge is 0.0178 e. The van der Waals surface area contributed by atoms with Gasteiger partial charge in [0.2, 0.25) is 0 Å². The molecule has 0 bridgehead atoms. The second-order valence-electron chi connectivity index (χ2n) is 4.08. The van der Waals surface area contributed by atoms with Gasteiger partial charge in [0.1, 0.15) is 0 Å². The molecule has 0 nitrogen and oxygen atoms in total. The largest absolute Gasteiger partial charge is 0.0576 e. The fraction of sp³-hybridized carbons (Fsp3) is 0.455. The van der Waals surface area contributed by atoms with E-state index in [-0.39, 0.29) is 0 Å². The Hall–Kier alpha value is -0.300. The van der Waals surface area contributed by atoms with E-state index in [2.05, 4.69) is 34.1 Å². The SMILES string of the molecule is Brc1ccc2c(c1)C1(CC2)CC1. The third-order valence-corrected chi connectivity index (χ3v) is 3.86. The summed E-state index contributed by atoms with van der Waals surface area (Å²) < 4.78 is 1.24. The van der Waals surface area contributed by atoms with E-state index in [1.54, 1.807) is 11.1 Å². The first-order valence-electron chi connectivity index (χ1n) is 4.59. The standard InChI is InChI=1S/C11H11Br/c12-9-2-1-8-3-4-11(5-6-11)10(8)7-9/h1-2,7H,3-6H2. The van der Waals surface area contributed by atoms with Crippen LogP contribution in [-0.4, -0.2) is 0 Å². The normalized spacial score (nSPS) is 22.8. The zero-order chi connectivity index (χ0) is 8.18. The van der Waals surface area contributed by atoms with Crippen molar-refractivity contribution in [3.63, 3.8) is 0 Å². The molecule has 0 atom stereocenters. The van der Waals surface area contributed by atoms with Gasteiger partial charge in [-0.1, -0.05) is 22.0 Å². The van der Waals surface area contributed by atoms with E-state index in [9.17, 15) is 0 Å². The van der Waals surface area contributed by atoms with Crippen LogP contribution in [0.2, 0.25) is 0 Å². The van der Waals surface area contributed by atoms with E-state index in [1.807, 2.05) is 0 Å². The first-order chi connectivity index (χ1) is 5.80. The van der Waals surface area contributed by atoms with Crippen molar-refractivity contribution in [3.05, 3.63) is 33.8 Å². The zero-order valence-corrected chi connectivity index (χ0v) is 8.52. The maximum atomic E-state index is 3.54. The molecule has 2 aliphatic carbocycles. The van der Waals surface area contributed by atoms with E-state index < -0.39 is 0 Å². The third kappa shape index (κ3) is 0.832. The van der Waals surface area contributed by atoms with Crippen molar-refractivity contribution in [2.24, 2.45) is 0 Å². The molecule has 0 N–H and O–H groups in total. The molecule has 1 spiro atoms. The molecule has 0 unspecified atom stereocenters. The summed E-state index contributed by atoms with van der Waals surface area (Å²) in [7, 11) is 0. The summed E-state index contributed by atoms with van der Waals surface area (Å²) in [6.07, 6.45) is 5.56. The lowest BCUT2D eigenvalue weighted by molar-refractivity contribution is 0.681. The van der Waals surface area contributed by atoms with E-state index in [4.69, 9.17) is 0 Å². The summed E-state index contributed by atoms with van der Waals surface area (Å²) in [4.78, 5) is 0. The van der Waals surface area contributed by atoms with Crippen molar-refractivity contribution in [3.8, 4) is 0 Å². The van der Waals surface area contributed by atoms with Gasteiger partial charge in [-0.2, -0.15) is 0 Å². The van der Waals surface area contributed by atoms with Crippen LogP contribution >= 0.6 is 15.9 Å². The molecule has 1 aromatic carbocycles. The van der Waals surface area contributed by atoms with Crippen LogP contribution in [-0.2, 0) is 11.8 Å². The molecule has 1 saturated carbocycles. The Morgan fingerprint density at radius 3 is 2.75 bits per heavy atom. The maximum Gasteiger partial charge on any atom is 0.0178 e. The van der Waals surface area contributed by atoms with Crippen molar-refractivity contribution < 1.29 is 0 Å². The van der Waals surface area contributed by atoms with Gasteiger partial charge in [-0.15, -0.1) is 0 Å². The monoisotopic (exact) mass is 222 g/mol. The molecular formula is C11H11Br. The average molecular weight is 223 g/mol. The molecule has 0 aromatic heterocycles. The topological polar surface area (TPSA) is 0 Å². The summed E-state index contributed by atoms with van der Waals surface area (Å²) in [5.41, 5.74) is 3.87. The highest BCUT2D eigenvalue weighted by molar-refractivity contribution is 9.10. The number of benzene rings is 1. The molecule has 0 saturated heterocycles. The molecule has 2 aliphatic rings. The Kier molecular flexibility index (Phi) is 1.27. The van der Waals surface area contributed by atoms with E-state index in [1.165, 1.54) is 30.2 Å². The predicted octanol–water partition coefficient (Wildman–Crippen LogP) is 3.43. The molecular weight excluding hydrogens is 212 g/mol. The fourth-order valence-corrected chi connectivity index (χ4v) is 2.80. The summed E-state index contributed by atoms with van der Waals surface area (Å²) in [6, 6.07) is 6.78. The number of rotatable bonds is 0. The van der Waals surface area contributed by atoms with Crippen LogP contribution in [0.25, 0.3) is 0 Å². The molecule has 12 heavy (non-hydrogen) atoms. The minimum atomic E-state index is 0.638. The highest BCUT2D eigenvalue weighted by Gasteiger charge is 2.48. The number of fused-ring (bicyclic) bond motifs is 2. The highest BCUT2D eigenvalue weighted by Crippen LogP contribution is 2.56. The number of aryl methyl sites for hydroxylation is 1. The fourth-order valence-electron chi connectivity index (χ4n) is 2.44. The van der Waals surface area contributed by atoms with Gasteiger partial charge in [-0.3, -0.25) is 0 Å². The van der Waals surface area contributed by atoms with Crippen LogP contribution in [0.15, 0.2) is 22.7 Å². The minimum absolute atomic E-state index is 0.638. The van der Waals surface area contributed by atoms with E-state index >= 15 is 0 Å². The molecule has 62 valence electrons. The second-order valence-corrected chi connectivity index (χ2v) is 5.00. The molecule has 0 heterocycles. The van der Waals surface area contributed by atoms with Gasteiger partial charge >= 0.3 is 0 Å². The summed E-state index contributed by atoms with van der Waals surface area (Å²) in [5.74, 6) is 0. The van der Waals surface area contributed by atoms with Gasteiger partial charge in [0.25, 0.3) is 0 Å². The van der Waals surface area contributed by atoms with Crippen LogP contribution < -0.4 is 0 Å². The molecule has 3 rings (SSSR count). The van der Waals surface area contributed by atoms with Crippen LogP contribution in [0.4, 0.5) is 0 Å². The number of hydrogen-bond donors (Lipinski definition) is 0. The first-order valence-corrected chi connectivity index (χ1v) is 5.38. The van der Waals surface area contributed by atoms with Crippen LogP contribution in [0.3, 0.4) is 0 Å². The van der Waals surface area contributed by atoms with E-state index in [0.717, 1.165) is 0 Å². The summed E-state index contributed by atoms with van der Waals surface area (Å²) in [6.45, 7) is 0. The highest BCUT2D eigenvalue weighted by atomic mass is 79.9. The van der Waals surface area contributed by atoms with E-state index in [0.29, 0.717) is 5.41 Å². The van der Waals surface area contributed by atoms with Crippen LogP contribution in [0, 0.1) is 0 Å². The quantitative estimate of drug-likeness (QED) is 0.632. The molecule has 1 heteroatoms. The van der Waals surface area contributed by atoms with Crippen molar-refractivity contribution in [1.29, 1.82) is 0 Å². The summed E-state index contributed by atoms with van der Waals surface area (Å²) in [5, 5.41) is 0. The second kappa shape index (κ2) is 2.14. The molecule has 0 radical (unpaired) electrons. The lowest BCUT2D eigenvalue weighted by Crippen LogP contribution is -1.98. The van der Waals surface area contributed by atoms with Gasteiger partial charge < -0.3 is 0 Å². The van der Waals surface area contributed by atoms with Crippen LogP contribution in [0.5, 0.6) is 0 Å². The van der Waals surface area contributed by atoms with Gasteiger partial charge in [0, 0.05) is 4.47 Å². The van der Waals surface area contributed by atoms with Crippen molar-refractivity contribution in [2.45, 2.75) is 31.1 Å². The zero-order valence-electron chi connectivity index (χ0n) is 6.94. The Bertz CT molecular complexity index is 337. The van der Waals surface area contributed by atoms with Gasteiger partial charge in [0.15, 0.2) is 0 Å². The maximum absolute atomic E-state index is 3.54. The first kappa shape index (κ1) is 7.14. The molecule has 1 aromatic rings. The van der Waals surface area contributed by atoms with Gasteiger partial charge in [-0.25, -0.2) is 0 Å². The third-order valence-electron chi connectivity index (χ3n) is 3.37. The Morgan fingerprint density at radius 1 is 1.17 bits per heavy atom. The molecule has 1 fully saturated rings. The van der Waals surface area contributed by atoms with Crippen molar-refractivity contribution in [1.82, 2.24) is 0 Å². The predicted molar refractivity (Wildman–Crippen MR) is 53.4 cm³/mol. The van der Waals surface area contributed by atoms with Gasteiger partial charge in [0.05, 0.1) is 0 Å². The lowest BCUT2D eigenvalue weighted by atomic mass is 9.99. The van der Waals surface area contributed by atoms with Crippen molar-refractivity contribution >= 4 is 15.9 Å². The molecule has 0 amide bonds. The lowest BCUT2D eigenvalue weighted by Gasteiger charge is -2.07.